The summed E-state index contributed by atoms with van der Waals surface area (Å²) in [6.07, 6.45) is 1.00. The monoisotopic (exact) mass is 788 g/mol. The molecule has 3 aromatic carbocycles. The van der Waals surface area contributed by atoms with Crippen LogP contribution in [0, 0.1) is 29.3 Å². The van der Waals surface area contributed by atoms with Gasteiger partial charge in [-0.25, -0.2) is 0 Å². The molecular formula is C42H40N6O6S2. The number of quaternary nitrogens is 1. The van der Waals surface area contributed by atoms with Crippen molar-refractivity contribution in [3.05, 3.63) is 165 Å². The highest BCUT2D eigenvalue weighted by Crippen LogP contribution is 2.39. The van der Waals surface area contributed by atoms with E-state index in [0.717, 1.165) is 41.9 Å². The van der Waals surface area contributed by atoms with E-state index < -0.39 is 28.8 Å². The van der Waals surface area contributed by atoms with Crippen molar-refractivity contribution in [2.24, 2.45) is 5.92 Å². The van der Waals surface area contributed by atoms with Gasteiger partial charge in [0.2, 0.25) is 5.88 Å². The Morgan fingerprint density at radius 1 is 0.857 bits per heavy atom. The van der Waals surface area contributed by atoms with Crippen LogP contribution in [-0.4, -0.2) is 49.0 Å². The molecule has 1 saturated heterocycles. The van der Waals surface area contributed by atoms with Crippen LogP contribution in [0.2, 0.25) is 0 Å². The molecule has 0 saturated carbocycles. The molecule has 2 unspecified atom stereocenters. The molecule has 56 heavy (non-hydrogen) atoms. The number of aromatic amines is 2. The maximum Gasteiger partial charge on any atom is 0.259 e. The Balaban J connectivity index is 1.33. The third kappa shape index (κ3) is 6.42. The number of aromatic nitrogens is 5. The quantitative estimate of drug-likeness (QED) is 0.169. The van der Waals surface area contributed by atoms with Crippen LogP contribution in [0.3, 0.4) is 0 Å². The highest BCUT2D eigenvalue weighted by Gasteiger charge is 2.38. The van der Waals surface area contributed by atoms with Crippen LogP contribution in [0.1, 0.15) is 57.3 Å². The van der Waals surface area contributed by atoms with Crippen LogP contribution >= 0.6 is 24.4 Å². The minimum atomic E-state index is -1.38. The van der Waals surface area contributed by atoms with Crippen molar-refractivity contribution in [1.29, 1.82) is 0 Å². The van der Waals surface area contributed by atoms with Crippen molar-refractivity contribution < 1.29 is 19.8 Å². The number of benzene rings is 3. The Bertz CT molecular complexity index is 2710. The molecule has 286 valence electrons. The van der Waals surface area contributed by atoms with Crippen molar-refractivity contribution in [2.45, 2.75) is 45.2 Å². The number of nitrogens with zero attached hydrogens (tertiary/aromatic N) is 3. The number of rotatable bonds is 8. The van der Waals surface area contributed by atoms with Crippen LogP contribution in [0.5, 0.6) is 17.5 Å². The zero-order valence-corrected chi connectivity index (χ0v) is 32.6. The number of aryl methyl sites for hydroxylation is 2. The number of methoxy groups -OCH3 is 1. The molecule has 2 aliphatic heterocycles. The molecule has 3 aromatic heterocycles. The van der Waals surface area contributed by atoms with Gasteiger partial charge in [0.05, 0.1) is 37.4 Å². The van der Waals surface area contributed by atoms with Crippen LogP contribution in [0.15, 0.2) is 99.3 Å². The first kappa shape index (κ1) is 37.1. The molecule has 4 atom stereocenters. The number of likely N-dealkylation sites (tertiary alicyclic amines) is 1. The number of fused-ring (bicyclic) bond motifs is 4. The van der Waals surface area contributed by atoms with Gasteiger partial charge in [-0.2, -0.15) is 0 Å². The van der Waals surface area contributed by atoms with E-state index in [9.17, 15) is 24.6 Å². The fraction of sp³-hybridized carbons (Fsp3) is 0.262. The summed E-state index contributed by atoms with van der Waals surface area (Å²) < 4.78 is 10.2. The van der Waals surface area contributed by atoms with Gasteiger partial charge in [-0.3, -0.25) is 28.9 Å². The summed E-state index contributed by atoms with van der Waals surface area (Å²) in [5, 5.41) is 27.0. The first-order valence-corrected chi connectivity index (χ1v) is 19.2. The highest BCUT2D eigenvalue weighted by atomic mass is 32.1. The number of pyridine rings is 1. The van der Waals surface area contributed by atoms with E-state index in [1.807, 2.05) is 60.9 Å². The van der Waals surface area contributed by atoms with Crippen molar-refractivity contribution in [1.82, 2.24) is 23.7 Å². The van der Waals surface area contributed by atoms with E-state index in [4.69, 9.17) is 29.2 Å². The number of nitrogens with one attached hydrogen (secondary N) is 3. The van der Waals surface area contributed by atoms with Crippen molar-refractivity contribution >= 4 is 24.4 Å². The Morgan fingerprint density at radius 3 is 2.18 bits per heavy atom. The molecule has 0 radical (unpaired) electrons. The summed E-state index contributed by atoms with van der Waals surface area (Å²) in [5.74, 6) is -1.53. The Hall–Kier alpha value is -5.83. The minimum absolute atomic E-state index is 0.0210. The maximum atomic E-state index is 14.8. The topological polar surface area (TPSA) is 155 Å². The summed E-state index contributed by atoms with van der Waals surface area (Å²) in [6, 6.07) is 25.1. The summed E-state index contributed by atoms with van der Waals surface area (Å²) in [7, 11) is 1.58. The molecule has 0 spiro atoms. The third-order valence-corrected chi connectivity index (χ3v) is 11.8. The zero-order chi connectivity index (χ0) is 39.4. The maximum absolute atomic E-state index is 14.8. The lowest BCUT2D eigenvalue weighted by atomic mass is 9.82. The lowest BCUT2D eigenvalue weighted by molar-refractivity contribution is -0.924. The van der Waals surface area contributed by atoms with E-state index in [1.54, 1.807) is 49.6 Å². The average Bonchev–Trinajstić information content (AvgIpc) is 3.16. The Labute approximate surface area is 331 Å². The molecule has 4 N–H and O–H groups in total. The smallest absolute Gasteiger partial charge is 0.259 e. The second kappa shape index (κ2) is 14.7. The second-order valence-electron chi connectivity index (χ2n) is 14.8. The normalized spacial score (nSPS) is 17.9. The highest BCUT2D eigenvalue weighted by molar-refractivity contribution is 7.71. The lowest BCUT2D eigenvalue weighted by Gasteiger charge is -2.40. The summed E-state index contributed by atoms with van der Waals surface area (Å²) in [4.78, 5) is 47.7. The zero-order valence-electron chi connectivity index (χ0n) is 31.0. The van der Waals surface area contributed by atoms with Crippen LogP contribution in [0.25, 0.3) is 11.4 Å². The molecular weight excluding hydrogens is 749 g/mol. The first-order chi connectivity index (χ1) is 26.9. The summed E-state index contributed by atoms with van der Waals surface area (Å²) in [6.45, 7) is 6.47. The third-order valence-electron chi connectivity index (χ3n) is 11.3. The van der Waals surface area contributed by atoms with Gasteiger partial charge in [0.25, 0.3) is 16.7 Å². The number of para-hydroxylation sites is 2. The predicted molar refractivity (Wildman–Crippen MR) is 215 cm³/mol. The van der Waals surface area contributed by atoms with Crippen molar-refractivity contribution in [2.75, 3.05) is 20.2 Å². The summed E-state index contributed by atoms with van der Waals surface area (Å²) >= 11 is 11.1. The lowest BCUT2D eigenvalue weighted by Crippen LogP contribution is -3.13. The van der Waals surface area contributed by atoms with Gasteiger partial charge in [-0.15, -0.1) is 0 Å². The van der Waals surface area contributed by atoms with Gasteiger partial charge in [-0.1, -0.05) is 48.5 Å². The van der Waals surface area contributed by atoms with Gasteiger partial charge < -0.3 is 29.0 Å². The van der Waals surface area contributed by atoms with Crippen LogP contribution in [-0.2, 0) is 13.1 Å². The Kier molecular flexibility index (Phi) is 9.73. The molecule has 8 rings (SSSR count). The fourth-order valence-corrected chi connectivity index (χ4v) is 9.33. The van der Waals surface area contributed by atoms with Crippen molar-refractivity contribution in [3.63, 3.8) is 0 Å². The van der Waals surface area contributed by atoms with Crippen LogP contribution in [0.4, 0.5) is 0 Å². The Morgan fingerprint density at radius 2 is 1.50 bits per heavy atom. The molecule has 6 aromatic rings. The van der Waals surface area contributed by atoms with Crippen LogP contribution < -0.4 is 31.4 Å². The second-order valence-corrected chi connectivity index (χ2v) is 15.5. The predicted octanol–water partition coefficient (Wildman–Crippen LogP) is 4.05. The molecule has 0 aliphatic carbocycles. The average molecular weight is 789 g/mol. The number of hydrogen-bond acceptors (Lipinski definition) is 8. The van der Waals surface area contributed by atoms with Gasteiger partial charge in [0.15, 0.2) is 9.54 Å². The SMILES string of the molecule is COc1ccc(C(c2c([O-])n(-c3ccccc3C)c(=S)[nH]c2=O)c2c(O)n(-c3ccccc3C)c(=S)[nH]c2=O)cc1C[NH+]1C[C@H]2C[C@@H](C1)c1cccc(=O)n1C2. The van der Waals surface area contributed by atoms with E-state index in [0.29, 0.717) is 41.7 Å². The van der Waals surface area contributed by atoms with Gasteiger partial charge >= 0.3 is 0 Å². The standard InChI is InChI=1S/C42H40N6O6S2/c1-23-9-4-6-11-29(23)47-39(52)35(37(50)43-41(47)55)34(36-38(51)44-42(56)48(40(36)53)30-12-7-5-10-24(30)2)26-15-16-32(54-3)28(18-26)22-45-19-25-17-27(21-45)31-13-8-14-33(49)46(31)20-25/h4-16,18,25,27,34,52-53H,17,19-22H2,1-3H3,(H,43,50,55)(H,44,51,56)/t25-,27+/m1/s1. The van der Waals surface area contributed by atoms with Gasteiger partial charge in [-0.05, 0) is 97.6 Å². The van der Waals surface area contributed by atoms with Gasteiger partial charge in [0, 0.05) is 47.0 Å². The van der Waals surface area contributed by atoms with E-state index >= 15 is 0 Å². The molecule has 1 fully saturated rings. The number of aromatic hydroxyl groups is 1. The minimum Gasteiger partial charge on any atom is -0.859 e. The largest absolute Gasteiger partial charge is 0.859 e. The molecule has 2 aliphatic rings. The molecule has 5 heterocycles. The van der Waals surface area contributed by atoms with E-state index in [1.165, 1.54) is 14.0 Å². The molecule has 14 heteroatoms. The number of piperidine rings is 1. The van der Waals surface area contributed by atoms with Crippen molar-refractivity contribution in [3.8, 4) is 28.9 Å². The fourth-order valence-electron chi connectivity index (χ4n) is 8.78. The molecule has 12 nitrogen and oxygen atoms in total. The van der Waals surface area contributed by atoms with E-state index in [2.05, 4.69) is 9.97 Å². The number of H-pyrrole nitrogens is 2. The van der Waals surface area contributed by atoms with E-state index in [-0.39, 0.29) is 32.1 Å². The van der Waals surface area contributed by atoms with Gasteiger partial charge in [0.1, 0.15) is 12.3 Å². The molecule has 2 bridgehead atoms. The number of ether oxygens (including phenoxy) is 1. The number of hydrogen-bond donors (Lipinski definition) is 4. The summed E-state index contributed by atoms with van der Waals surface area (Å²) in [5.41, 5.74) is 2.62. The first-order valence-electron chi connectivity index (χ1n) is 18.4. The molecule has 0 amide bonds.